The van der Waals surface area contributed by atoms with Crippen LogP contribution < -0.4 is 0 Å². The van der Waals surface area contributed by atoms with Crippen molar-refractivity contribution >= 4 is 16.9 Å². The van der Waals surface area contributed by atoms with E-state index >= 15 is 0 Å². The Morgan fingerprint density at radius 2 is 1.37 bits per heavy atom. The summed E-state index contributed by atoms with van der Waals surface area (Å²) < 4.78 is 41.2. The standard InChI is InChI=1S/C24H29F3O2S/c1-14(28)30-21(16-10-8-9-11-17(16)24(25,26)27)15-12-18(22(2,3)4)20(29)19(13-15)23(5,6)7/h8-13,21,29H,1-7H3. The number of benzene rings is 2. The Bertz CT molecular complexity index is 900. The maximum atomic E-state index is 13.7. The van der Waals surface area contributed by atoms with Crippen LogP contribution in [0.15, 0.2) is 36.4 Å². The van der Waals surface area contributed by atoms with Gasteiger partial charge >= 0.3 is 6.18 Å². The van der Waals surface area contributed by atoms with Crippen LogP contribution in [0.1, 0.15) is 81.5 Å². The lowest BCUT2D eigenvalue weighted by molar-refractivity contribution is -0.138. The molecule has 6 heteroatoms. The number of alkyl halides is 3. The van der Waals surface area contributed by atoms with Gasteiger partial charge in [-0.2, -0.15) is 13.2 Å². The first-order chi connectivity index (χ1) is 13.5. The van der Waals surface area contributed by atoms with Crippen LogP contribution in [-0.2, 0) is 21.8 Å². The lowest BCUT2D eigenvalue weighted by Gasteiger charge is -2.30. The van der Waals surface area contributed by atoms with Gasteiger partial charge < -0.3 is 5.11 Å². The molecule has 0 radical (unpaired) electrons. The van der Waals surface area contributed by atoms with Crippen molar-refractivity contribution in [3.8, 4) is 5.75 Å². The summed E-state index contributed by atoms with van der Waals surface area (Å²) in [6, 6.07) is 8.83. The zero-order valence-electron chi connectivity index (χ0n) is 18.4. The third-order valence-electron chi connectivity index (χ3n) is 4.88. The van der Waals surface area contributed by atoms with Crippen LogP contribution in [0.25, 0.3) is 0 Å². The Hall–Kier alpha value is -1.95. The van der Waals surface area contributed by atoms with E-state index in [9.17, 15) is 23.1 Å². The molecule has 0 aliphatic rings. The summed E-state index contributed by atoms with van der Waals surface area (Å²) in [6.45, 7) is 13.0. The van der Waals surface area contributed by atoms with Crippen LogP contribution in [0.3, 0.4) is 0 Å². The van der Waals surface area contributed by atoms with Crippen molar-refractivity contribution in [2.24, 2.45) is 0 Å². The molecule has 0 saturated heterocycles. The van der Waals surface area contributed by atoms with Gasteiger partial charge in [-0.05, 0) is 39.2 Å². The molecule has 0 aromatic heterocycles. The van der Waals surface area contributed by atoms with E-state index in [-0.39, 0.29) is 16.4 Å². The molecule has 0 saturated carbocycles. The fourth-order valence-electron chi connectivity index (χ4n) is 3.41. The Kier molecular flexibility index (Phi) is 6.72. The molecule has 2 aromatic carbocycles. The molecule has 2 nitrogen and oxygen atoms in total. The maximum Gasteiger partial charge on any atom is 0.416 e. The number of halogens is 3. The van der Waals surface area contributed by atoms with E-state index in [1.54, 1.807) is 18.2 Å². The lowest BCUT2D eigenvalue weighted by Crippen LogP contribution is -2.19. The number of rotatable bonds is 3. The molecule has 2 rings (SSSR count). The van der Waals surface area contributed by atoms with E-state index in [1.165, 1.54) is 19.1 Å². The second kappa shape index (κ2) is 8.29. The molecule has 0 amide bonds. The van der Waals surface area contributed by atoms with E-state index in [4.69, 9.17) is 0 Å². The fraction of sp³-hybridized carbons (Fsp3) is 0.458. The molecule has 2 aromatic rings. The smallest absolute Gasteiger partial charge is 0.416 e. The van der Waals surface area contributed by atoms with Gasteiger partial charge in [0, 0.05) is 6.92 Å². The van der Waals surface area contributed by atoms with Gasteiger partial charge in [0.2, 0.25) is 0 Å². The molecule has 1 unspecified atom stereocenters. The third-order valence-corrected chi connectivity index (χ3v) is 5.98. The molecule has 0 aliphatic carbocycles. The molecule has 0 heterocycles. The quantitative estimate of drug-likeness (QED) is 0.543. The predicted octanol–water partition coefficient (Wildman–Crippen LogP) is 7.38. The molecule has 30 heavy (non-hydrogen) atoms. The van der Waals surface area contributed by atoms with Gasteiger partial charge in [-0.1, -0.05) is 83.6 Å². The van der Waals surface area contributed by atoms with Crippen LogP contribution in [0.4, 0.5) is 13.2 Å². The minimum atomic E-state index is -4.54. The van der Waals surface area contributed by atoms with E-state index in [2.05, 4.69) is 0 Å². The number of hydrogen-bond acceptors (Lipinski definition) is 3. The Balaban J connectivity index is 2.87. The first-order valence-corrected chi connectivity index (χ1v) is 10.6. The molecule has 0 spiro atoms. The minimum Gasteiger partial charge on any atom is -0.507 e. The Morgan fingerprint density at radius 3 is 1.77 bits per heavy atom. The highest BCUT2D eigenvalue weighted by Gasteiger charge is 2.37. The van der Waals surface area contributed by atoms with Crippen molar-refractivity contribution in [3.05, 3.63) is 64.2 Å². The number of phenolic OH excluding ortho intramolecular Hbond substituents is 1. The zero-order valence-corrected chi connectivity index (χ0v) is 19.3. The first kappa shape index (κ1) is 24.3. The SMILES string of the molecule is CC(=O)SC(c1cc(C(C)(C)C)c(O)c(C(C)(C)C)c1)c1ccccc1C(F)(F)F. The average molecular weight is 439 g/mol. The normalized spacial score (nSPS) is 13.9. The highest BCUT2D eigenvalue weighted by Crippen LogP contribution is 2.47. The summed E-state index contributed by atoms with van der Waals surface area (Å²) in [6.07, 6.45) is -4.54. The van der Waals surface area contributed by atoms with Crippen molar-refractivity contribution in [3.63, 3.8) is 0 Å². The van der Waals surface area contributed by atoms with Gasteiger partial charge in [0.05, 0.1) is 10.8 Å². The predicted molar refractivity (Wildman–Crippen MR) is 117 cm³/mol. The van der Waals surface area contributed by atoms with Gasteiger partial charge in [0.15, 0.2) is 5.12 Å². The summed E-state index contributed by atoms with van der Waals surface area (Å²) >= 11 is 0.860. The van der Waals surface area contributed by atoms with Gasteiger partial charge in [-0.25, -0.2) is 0 Å². The van der Waals surface area contributed by atoms with Crippen LogP contribution in [0.5, 0.6) is 5.75 Å². The largest absolute Gasteiger partial charge is 0.507 e. The number of carbonyl (C=O) groups is 1. The molecule has 0 bridgehead atoms. The van der Waals surface area contributed by atoms with Gasteiger partial charge in [-0.3, -0.25) is 4.79 Å². The first-order valence-electron chi connectivity index (χ1n) is 9.74. The number of hydrogen-bond donors (Lipinski definition) is 1. The number of phenols is 1. The lowest BCUT2D eigenvalue weighted by atomic mass is 9.77. The molecular weight excluding hydrogens is 409 g/mol. The van der Waals surface area contributed by atoms with Crippen molar-refractivity contribution in [2.45, 2.75) is 70.7 Å². The van der Waals surface area contributed by atoms with E-state index in [0.717, 1.165) is 17.8 Å². The summed E-state index contributed by atoms with van der Waals surface area (Å²) in [5, 5.41) is 9.83. The summed E-state index contributed by atoms with van der Waals surface area (Å²) in [5.41, 5.74) is 0.262. The van der Waals surface area contributed by atoms with Crippen LogP contribution in [0.2, 0.25) is 0 Å². The monoisotopic (exact) mass is 438 g/mol. The molecule has 1 N–H and O–H groups in total. The van der Waals surface area contributed by atoms with Gasteiger partial charge in [0.25, 0.3) is 0 Å². The molecule has 1 atom stereocenters. The highest BCUT2D eigenvalue weighted by atomic mass is 32.2. The Labute approximate surface area is 180 Å². The second-order valence-corrected chi connectivity index (χ2v) is 10.8. The molecule has 0 fully saturated rings. The highest BCUT2D eigenvalue weighted by molar-refractivity contribution is 8.13. The molecule has 164 valence electrons. The van der Waals surface area contributed by atoms with Crippen molar-refractivity contribution in [1.82, 2.24) is 0 Å². The van der Waals surface area contributed by atoms with E-state index in [1.807, 2.05) is 41.5 Å². The number of carbonyl (C=O) groups excluding carboxylic acids is 1. The van der Waals surface area contributed by atoms with Crippen LogP contribution >= 0.6 is 11.8 Å². The summed E-state index contributed by atoms with van der Waals surface area (Å²) in [4.78, 5) is 12.0. The topological polar surface area (TPSA) is 37.3 Å². The van der Waals surface area contributed by atoms with Gasteiger partial charge in [0.1, 0.15) is 5.75 Å². The maximum absolute atomic E-state index is 13.7. The Morgan fingerprint density at radius 1 is 0.900 bits per heavy atom. The third kappa shape index (κ3) is 5.39. The van der Waals surface area contributed by atoms with Crippen LogP contribution in [-0.4, -0.2) is 10.2 Å². The van der Waals surface area contributed by atoms with Crippen molar-refractivity contribution in [1.29, 1.82) is 0 Å². The summed E-state index contributed by atoms with van der Waals surface area (Å²) in [7, 11) is 0. The number of aromatic hydroxyl groups is 1. The van der Waals surface area contributed by atoms with E-state index in [0.29, 0.717) is 16.7 Å². The zero-order chi connectivity index (χ0) is 23.1. The van der Waals surface area contributed by atoms with Crippen LogP contribution in [0, 0.1) is 0 Å². The molecule has 0 aliphatic heterocycles. The second-order valence-electron chi connectivity index (χ2n) is 9.54. The molecular formula is C24H29F3O2S. The van der Waals surface area contributed by atoms with Crippen molar-refractivity contribution < 1.29 is 23.1 Å². The van der Waals surface area contributed by atoms with Gasteiger partial charge in [-0.15, -0.1) is 0 Å². The van der Waals surface area contributed by atoms with Crippen molar-refractivity contribution in [2.75, 3.05) is 0 Å². The number of thioether (sulfide) groups is 1. The minimum absolute atomic E-state index is 0.0376. The summed E-state index contributed by atoms with van der Waals surface area (Å²) in [5.74, 6) is 0.148. The van der Waals surface area contributed by atoms with E-state index < -0.39 is 27.8 Å². The average Bonchev–Trinajstić information content (AvgIpc) is 2.57. The fourth-order valence-corrected chi connectivity index (χ4v) is 4.35.